The van der Waals surface area contributed by atoms with Crippen molar-refractivity contribution in [3.63, 3.8) is 0 Å². The molecule has 2 rings (SSSR count). The molecular formula is C23H31NO3Si. The minimum absolute atomic E-state index is 0.148. The van der Waals surface area contributed by atoms with Crippen LogP contribution < -0.4 is 10.4 Å². The highest BCUT2D eigenvalue weighted by atomic mass is 28.4. The van der Waals surface area contributed by atoms with Gasteiger partial charge >= 0.3 is 0 Å². The summed E-state index contributed by atoms with van der Waals surface area (Å²) in [6.07, 6.45) is 1.48. The molecule has 0 bridgehead atoms. The molecule has 0 aliphatic rings. The molecule has 0 aromatic heterocycles. The summed E-state index contributed by atoms with van der Waals surface area (Å²) >= 11 is 0. The van der Waals surface area contributed by atoms with Crippen molar-refractivity contribution >= 4 is 24.6 Å². The summed E-state index contributed by atoms with van der Waals surface area (Å²) in [6, 6.07) is 20.7. The third-order valence-electron chi connectivity index (χ3n) is 5.01. The second-order valence-electron chi connectivity index (χ2n) is 7.83. The molecule has 0 spiro atoms. The average Bonchev–Trinajstić information content (AvgIpc) is 2.70. The molecule has 2 aromatic rings. The normalized spacial score (nSPS) is 13.0. The van der Waals surface area contributed by atoms with Gasteiger partial charge in [0, 0.05) is 7.05 Å². The zero-order valence-electron chi connectivity index (χ0n) is 17.5. The summed E-state index contributed by atoms with van der Waals surface area (Å²) in [6.45, 7) is 10.6. The van der Waals surface area contributed by atoms with Gasteiger partial charge in [0.05, 0.1) is 19.6 Å². The zero-order chi connectivity index (χ0) is 20.8. The van der Waals surface area contributed by atoms with Gasteiger partial charge in [-0.25, -0.2) is 5.06 Å². The quantitative estimate of drug-likeness (QED) is 0.389. The first-order chi connectivity index (χ1) is 13.3. The Bertz CT molecular complexity index is 732. The summed E-state index contributed by atoms with van der Waals surface area (Å²) in [4.78, 5) is 17.5. The topological polar surface area (TPSA) is 38.8 Å². The summed E-state index contributed by atoms with van der Waals surface area (Å²) in [5.41, 5.74) is 0. The number of hydroxylamine groups is 2. The van der Waals surface area contributed by atoms with Crippen LogP contribution in [-0.4, -0.2) is 39.5 Å². The molecule has 150 valence electrons. The smallest absolute Gasteiger partial charge is 0.261 e. The van der Waals surface area contributed by atoms with Crippen molar-refractivity contribution < 1.29 is 14.1 Å². The SMILES string of the molecule is C=C[C@H](CC(=O)N(C)OC)O[Si](c1ccccc1)(c1ccccc1)C(C)(C)C. The number of carbonyl (C=O) groups excluding carboxylic acids is 1. The summed E-state index contributed by atoms with van der Waals surface area (Å²) in [7, 11) is 0.351. The fourth-order valence-electron chi connectivity index (χ4n) is 3.49. The van der Waals surface area contributed by atoms with E-state index in [2.05, 4.69) is 51.6 Å². The van der Waals surface area contributed by atoms with Crippen molar-refractivity contribution in [2.24, 2.45) is 0 Å². The molecule has 1 amide bonds. The Labute approximate surface area is 169 Å². The number of amides is 1. The van der Waals surface area contributed by atoms with Crippen LogP contribution in [0.2, 0.25) is 5.04 Å². The Balaban J connectivity index is 2.57. The minimum atomic E-state index is -2.73. The maximum Gasteiger partial charge on any atom is 0.261 e. The van der Waals surface area contributed by atoms with Crippen LogP contribution >= 0.6 is 0 Å². The standard InChI is InChI=1S/C23H31NO3Si/c1-7-19(18-22(25)24(5)26-6)27-28(23(2,3)4,20-14-10-8-11-15-20)21-16-12-9-13-17-21/h7-17,19H,1,18H2,2-6H3/t19-/m1/s1. The third-order valence-corrected chi connectivity index (χ3v) is 10.1. The second kappa shape index (κ2) is 9.32. The van der Waals surface area contributed by atoms with Crippen LogP contribution in [-0.2, 0) is 14.1 Å². The van der Waals surface area contributed by atoms with Crippen LogP contribution in [0.5, 0.6) is 0 Å². The van der Waals surface area contributed by atoms with Gasteiger partial charge in [-0.1, -0.05) is 87.5 Å². The number of hydrogen-bond acceptors (Lipinski definition) is 3. The van der Waals surface area contributed by atoms with Crippen LogP contribution in [0, 0.1) is 0 Å². The molecule has 28 heavy (non-hydrogen) atoms. The van der Waals surface area contributed by atoms with Gasteiger partial charge in [0.25, 0.3) is 8.32 Å². The molecule has 2 aromatic carbocycles. The highest BCUT2D eigenvalue weighted by Crippen LogP contribution is 2.38. The second-order valence-corrected chi connectivity index (χ2v) is 12.1. The Hall–Kier alpha value is -2.21. The van der Waals surface area contributed by atoms with Crippen molar-refractivity contribution in [1.29, 1.82) is 0 Å². The van der Waals surface area contributed by atoms with E-state index in [4.69, 9.17) is 9.26 Å². The molecule has 1 atom stereocenters. The maximum absolute atomic E-state index is 12.4. The van der Waals surface area contributed by atoms with E-state index in [9.17, 15) is 4.79 Å². The van der Waals surface area contributed by atoms with Crippen LogP contribution in [0.1, 0.15) is 27.2 Å². The summed E-state index contributed by atoms with van der Waals surface area (Å²) < 4.78 is 6.91. The predicted molar refractivity (Wildman–Crippen MR) is 117 cm³/mol. The Morgan fingerprint density at radius 2 is 1.54 bits per heavy atom. The lowest BCUT2D eigenvalue weighted by Crippen LogP contribution is -2.67. The van der Waals surface area contributed by atoms with E-state index in [0.29, 0.717) is 0 Å². The van der Waals surface area contributed by atoms with Crippen molar-refractivity contribution in [1.82, 2.24) is 5.06 Å². The molecule has 0 aliphatic heterocycles. The number of carbonyl (C=O) groups is 1. The molecule has 0 heterocycles. The Morgan fingerprint density at radius 1 is 1.07 bits per heavy atom. The molecule has 0 saturated heterocycles. The minimum Gasteiger partial charge on any atom is -0.401 e. The Morgan fingerprint density at radius 3 is 1.89 bits per heavy atom. The zero-order valence-corrected chi connectivity index (χ0v) is 18.5. The first-order valence-electron chi connectivity index (χ1n) is 9.48. The summed E-state index contributed by atoms with van der Waals surface area (Å²) in [5.74, 6) is -0.148. The fourth-order valence-corrected chi connectivity index (χ4v) is 8.14. The molecule has 0 aliphatic carbocycles. The van der Waals surface area contributed by atoms with E-state index >= 15 is 0 Å². The summed E-state index contributed by atoms with van der Waals surface area (Å²) in [5, 5.41) is 3.42. The van der Waals surface area contributed by atoms with Crippen molar-refractivity contribution in [2.45, 2.75) is 38.3 Å². The van der Waals surface area contributed by atoms with Crippen LogP contribution in [0.15, 0.2) is 73.3 Å². The molecule has 0 N–H and O–H groups in total. The molecule has 0 fully saturated rings. The molecule has 4 nitrogen and oxygen atoms in total. The molecular weight excluding hydrogens is 366 g/mol. The first kappa shape index (κ1) is 22.1. The monoisotopic (exact) mass is 397 g/mol. The van der Waals surface area contributed by atoms with E-state index in [1.165, 1.54) is 22.5 Å². The molecule has 5 heteroatoms. The van der Waals surface area contributed by atoms with Crippen LogP contribution in [0.4, 0.5) is 0 Å². The van der Waals surface area contributed by atoms with Crippen LogP contribution in [0.25, 0.3) is 0 Å². The first-order valence-corrected chi connectivity index (χ1v) is 11.4. The van der Waals surface area contributed by atoms with Gasteiger partial charge in [0.2, 0.25) is 5.91 Å². The number of hydrogen-bond donors (Lipinski definition) is 0. The van der Waals surface area contributed by atoms with Crippen LogP contribution in [0.3, 0.4) is 0 Å². The fraction of sp³-hybridized carbons (Fsp3) is 0.348. The van der Waals surface area contributed by atoms with E-state index in [0.717, 1.165) is 0 Å². The van der Waals surface area contributed by atoms with Gasteiger partial charge in [0.15, 0.2) is 0 Å². The number of nitrogens with zero attached hydrogens (tertiary/aromatic N) is 1. The van der Waals surface area contributed by atoms with E-state index in [1.807, 2.05) is 36.4 Å². The predicted octanol–water partition coefficient (Wildman–Crippen LogP) is 3.53. The van der Waals surface area contributed by atoms with Gasteiger partial charge < -0.3 is 4.43 Å². The molecule has 0 unspecified atom stereocenters. The largest absolute Gasteiger partial charge is 0.401 e. The lowest BCUT2D eigenvalue weighted by molar-refractivity contribution is -0.169. The van der Waals surface area contributed by atoms with Gasteiger partial charge in [-0.3, -0.25) is 9.63 Å². The van der Waals surface area contributed by atoms with Gasteiger partial charge in [-0.15, -0.1) is 6.58 Å². The van der Waals surface area contributed by atoms with Gasteiger partial charge in [-0.2, -0.15) is 0 Å². The van der Waals surface area contributed by atoms with Gasteiger partial charge in [0.1, 0.15) is 0 Å². The highest BCUT2D eigenvalue weighted by Gasteiger charge is 2.51. The highest BCUT2D eigenvalue weighted by molar-refractivity contribution is 6.99. The van der Waals surface area contributed by atoms with Gasteiger partial charge in [-0.05, 0) is 15.4 Å². The van der Waals surface area contributed by atoms with E-state index in [-0.39, 0.29) is 17.4 Å². The van der Waals surface area contributed by atoms with E-state index < -0.39 is 14.4 Å². The molecule has 0 radical (unpaired) electrons. The molecule has 0 saturated carbocycles. The lowest BCUT2D eigenvalue weighted by Gasteiger charge is -2.44. The lowest BCUT2D eigenvalue weighted by atomic mass is 10.2. The number of rotatable bonds is 8. The van der Waals surface area contributed by atoms with E-state index in [1.54, 1.807) is 13.1 Å². The van der Waals surface area contributed by atoms with Crippen molar-refractivity contribution in [3.8, 4) is 0 Å². The third kappa shape index (κ3) is 4.61. The average molecular weight is 398 g/mol. The maximum atomic E-state index is 12.4. The number of benzene rings is 2. The van der Waals surface area contributed by atoms with Crippen molar-refractivity contribution in [3.05, 3.63) is 73.3 Å². The van der Waals surface area contributed by atoms with Crippen molar-refractivity contribution in [2.75, 3.05) is 14.2 Å². The Kier molecular flexibility index (Phi) is 7.35.